The van der Waals surface area contributed by atoms with Crippen molar-refractivity contribution in [3.63, 3.8) is 0 Å². The minimum atomic E-state index is 0.972. The molecule has 0 spiro atoms. The molecule has 0 saturated heterocycles. The number of nitrogens with zero attached hydrogens (tertiary/aromatic N) is 3. The first-order chi connectivity index (χ1) is 19.9. The maximum Gasteiger partial charge on any atom is 0.128 e. The number of quaternary nitrogens is 2. The minimum Gasteiger partial charge on any atom is -0.319 e. The van der Waals surface area contributed by atoms with Crippen molar-refractivity contribution in [3.05, 3.63) is 20.1 Å². The third kappa shape index (κ3) is 25.8. The molecule has 0 aliphatic carbocycles. The Hall–Kier alpha value is -0.380. The van der Waals surface area contributed by atoms with Gasteiger partial charge in [0.25, 0.3) is 0 Å². The van der Waals surface area contributed by atoms with E-state index in [1.807, 2.05) is 0 Å². The van der Waals surface area contributed by atoms with Crippen molar-refractivity contribution < 1.29 is 8.97 Å². The van der Waals surface area contributed by atoms with Gasteiger partial charge < -0.3 is 13.9 Å². The van der Waals surface area contributed by atoms with Crippen LogP contribution in [0.25, 0.3) is 0 Å². The number of unbranched alkanes of at least 4 members (excludes halogenated alkanes) is 8. The second-order valence-electron chi connectivity index (χ2n) is 12.6. The van der Waals surface area contributed by atoms with E-state index in [-0.39, 0.29) is 0 Å². The topological polar surface area (TPSA) is 3.24 Å². The summed E-state index contributed by atoms with van der Waals surface area (Å²) < 4.78 is 2.83. The van der Waals surface area contributed by atoms with Gasteiger partial charge in [-0.3, -0.25) is 0 Å². The highest BCUT2D eigenvalue weighted by Crippen LogP contribution is 2.20. The van der Waals surface area contributed by atoms with E-state index in [1.165, 1.54) is 177 Å². The van der Waals surface area contributed by atoms with E-state index < -0.39 is 0 Å². The smallest absolute Gasteiger partial charge is 0.128 e. The van der Waals surface area contributed by atoms with Crippen LogP contribution in [0.2, 0.25) is 0 Å². The third-order valence-electron chi connectivity index (χ3n) is 8.94. The lowest BCUT2D eigenvalue weighted by Gasteiger charge is -2.45. The van der Waals surface area contributed by atoms with E-state index in [0.717, 1.165) is 6.54 Å². The first kappa shape index (κ1) is 45.1. The van der Waals surface area contributed by atoms with Crippen LogP contribution in [0.15, 0.2) is 13.2 Å². The van der Waals surface area contributed by atoms with Gasteiger partial charge in [-0.2, -0.15) is 0 Å². The van der Waals surface area contributed by atoms with Crippen LogP contribution in [0.4, 0.5) is 0 Å². The van der Waals surface area contributed by atoms with Gasteiger partial charge in [-0.1, -0.05) is 107 Å². The maximum atomic E-state index is 3.92. The number of rotatable bonds is 28. The summed E-state index contributed by atoms with van der Waals surface area (Å²) in [4.78, 5) is 2.44. The Bertz CT molecular complexity index is 395. The largest absolute Gasteiger partial charge is 0.319 e. The lowest BCUT2D eigenvalue weighted by Crippen LogP contribution is -2.59. The van der Waals surface area contributed by atoms with Gasteiger partial charge in [0, 0.05) is 0 Å². The zero-order chi connectivity index (χ0) is 31.7. The summed E-state index contributed by atoms with van der Waals surface area (Å²) in [6, 6.07) is 0. The van der Waals surface area contributed by atoms with Crippen molar-refractivity contribution in [1.29, 1.82) is 0 Å². The summed E-state index contributed by atoms with van der Waals surface area (Å²) in [5.74, 6) is 0. The molecule has 0 N–H and O–H groups in total. The highest BCUT2D eigenvalue weighted by molar-refractivity contribution is 4.58. The highest BCUT2D eigenvalue weighted by atomic mass is 15.4. The summed E-state index contributed by atoms with van der Waals surface area (Å²) in [5.41, 5.74) is 0. The van der Waals surface area contributed by atoms with Crippen molar-refractivity contribution in [2.75, 3.05) is 72.0 Å². The van der Waals surface area contributed by atoms with Gasteiger partial charge in [0.15, 0.2) is 0 Å². The average molecular weight is 583 g/mol. The van der Waals surface area contributed by atoms with Crippen molar-refractivity contribution in [1.82, 2.24) is 4.90 Å². The van der Waals surface area contributed by atoms with Gasteiger partial charge >= 0.3 is 0 Å². The summed E-state index contributed by atoms with van der Waals surface area (Å²) in [6.07, 6.45) is 21.8. The van der Waals surface area contributed by atoms with Crippen LogP contribution in [0.3, 0.4) is 0 Å². The fourth-order valence-electron chi connectivity index (χ4n) is 5.83. The SMILES string of the molecule is C=C.CCCC[N+](CCCC)(CCCC)CC[N+](CCCC)(CCCC)CCCC.[CH2]CN(CCCC)CCCC. The van der Waals surface area contributed by atoms with Crippen LogP contribution >= 0.6 is 0 Å². The molecule has 0 bridgehead atoms. The molecule has 0 aromatic rings. The first-order valence-corrected chi connectivity index (χ1v) is 18.6. The molecule has 0 aliphatic rings. The summed E-state index contributed by atoms with van der Waals surface area (Å²) >= 11 is 0. The van der Waals surface area contributed by atoms with Gasteiger partial charge in [0.2, 0.25) is 0 Å². The molecule has 0 saturated carbocycles. The third-order valence-corrected chi connectivity index (χ3v) is 8.94. The predicted octanol–water partition coefficient (Wildman–Crippen LogP) is 10.9. The molecule has 0 fully saturated rings. The normalized spacial score (nSPS) is 11.7. The molecule has 0 atom stereocenters. The van der Waals surface area contributed by atoms with E-state index in [2.05, 4.69) is 80.4 Å². The van der Waals surface area contributed by atoms with Crippen LogP contribution < -0.4 is 0 Å². The standard InChI is InChI=1S/C26H58N2.C10H22N.C2H4/c1-7-13-19-27(20-14-8-2,21-15-9-3)25-26-28(22-16-10-4,23-17-11-5)24-18-12-6;1-4-7-9-11(6-3)10-8-5-2;1-2/h7-26H2,1-6H3;3-10H2,1-2H3;1-2H2/q+2;;. The number of hydrogen-bond acceptors (Lipinski definition) is 1. The molecule has 0 rings (SSSR count). The Kier molecular flexibility index (Phi) is 37.5. The molecule has 41 heavy (non-hydrogen) atoms. The van der Waals surface area contributed by atoms with Crippen LogP contribution in [-0.4, -0.2) is 85.9 Å². The molecule has 0 aromatic heterocycles. The zero-order valence-electron chi connectivity index (χ0n) is 30.6. The van der Waals surface area contributed by atoms with Crippen LogP contribution in [-0.2, 0) is 0 Å². The molecule has 3 nitrogen and oxygen atoms in total. The molecule has 0 amide bonds. The first-order valence-electron chi connectivity index (χ1n) is 18.6. The zero-order valence-corrected chi connectivity index (χ0v) is 30.6. The van der Waals surface area contributed by atoms with Crippen LogP contribution in [0.1, 0.15) is 158 Å². The second-order valence-corrected chi connectivity index (χ2v) is 12.6. The predicted molar refractivity (Wildman–Crippen MR) is 192 cm³/mol. The van der Waals surface area contributed by atoms with Crippen LogP contribution in [0.5, 0.6) is 0 Å². The van der Waals surface area contributed by atoms with Gasteiger partial charge in [-0.15, -0.1) is 13.2 Å². The molecule has 0 aliphatic heterocycles. The Morgan fingerprint density at radius 2 is 0.585 bits per heavy atom. The molecule has 0 heterocycles. The van der Waals surface area contributed by atoms with Crippen molar-refractivity contribution in [2.45, 2.75) is 158 Å². The van der Waals surface area contributed by atoms with Gasteiger partial charge in [-0.25, -0.2) is 0 Å². The van der Waals surface area contributed by atoms with E-state index in [0.29, 0.717) is 0 Å². The Balaban J connectivity index is -0.000000926. The molecular weight excluding hydrogens is 498 g/mol. The molecular formula is C38H84N3+2. The molecule has 3 heteroatoms. The van der Waals surface area contributed by atoms with E-state index >= 15 is 0 Å². The summed E-state index contributed by atoms with van der Waals surface area (Å²) in [5, 5.41) is 0. The molecule has 0 aromatic carbocycles. The molecule has 1 radical (unpaired) electrons. The monoisotopic (exact) mass is 583 g/mol. The molecule has 249 valence electrons. The van der Waals surface area contributed by atoms with Gasteiger partial charge in [0.1, 0.15) is 13.1 Å². The molecule has 0 unspecified atom stereocenters. The Morgan fingerprint density at radius 1 is 0.366 bits per heavy atom. The highest BCUT2D eigenvalue weighted by Gasteiger charge is 2.33. The quantitative estimate of drug-likeness (QED) is 0.0655. The van der Waals surface area contributed by atoms with Gasteiger partial charge in [0.05, 0.1) is 39.3 Å². The lowest BCUT2D eigenvalue weighted by atomic mass is 10.1. The van der Waals surface area contributed by atoms with Crippen LogP contribution in [0, 0.1) is 6.92 Å². The van der Waals surface area contributed by atoms with E-state index in [1.54, 1.807) is 0 Å². The van der Waals surface area contributed by atoms with Gasteiger partial charge in [-0.05, 0) is 77.9 Å². The Morgan fingerprint density at radius 3 is 0.756 bits per heavy atom. The minimum absolute atomic E-state index is 0.972. The van der Waals surface area contributed by atoms with Crippen molar-refractivity contribution >= 4 is 0 Å². The summed E-state index contributed by atoms with van der Waals surface area (Å²) in [7, 11) is 0. The fraction of sp³-hybridized carbons (Fsp3) is 0.921. The van der Waals surface area contributed by atoms with Crippen molar-refractivity contribution in [2.24, 2.45) is 0 Å². The maximum absolute atomic E-state index is 3.92. The van der Waals surface area contributed by atoms with Crippen molar-refractivity contribution in [3.8, 4) is 0 Å². The number of hydrogen-bond donors (Lipinski definition) is 0. The average Bonchev–Trinajstić information content (AvgIpc) is 3.02. The summed E-state index contributed by atoms with van der Waals surface area (Å²) in [6.45, 7) is 43.5. The Labute approximate surface area is 263 Å². The fourth-order valence-corrected chi connectivity index (χ4v) is 5.83. The lowest BCUT2D eigenvalue weighted by molar-refractivity contribution is -0.981. The van der Waals surface area contributed by atoms with E-state index in [9.17, 15) is 0 Å². The van der Waals surface area contributed by atoms with E-state index in [4.69, 9.17) is 0 Å². The second kappa shape index (κ2) is 34.1.